The number of rotatable bonds is 8. The van der Waals surface area contributed by atoms with E-state index >= 15 is 0 Å². The maximum Gasteiger partial charge on any atom is 0.312 e. The molecule has 0 amide bonds. The molecule has 4 heteroatoms. The first kappa shape index (κ1) is 30.4. The molecule has 0 saturated heterocycles. The molecule has 12 aliphatic rings. The highest BCUT2D eigenvalue weighted by Gasteiger charge is 2.73. The van der Waals surface area contributed by atoms with Crippen LogP contribution in [0.3, 0.4) is 0 Å². The molecule has 12 rings (SSSR count). The number of carbonyl (C=O) groups excluding carboxylic acids is 2. The lowest BCUT2D eigenvalue weighted by molar-refractivity contribution is -0.171. The first-order chi connectivity index (χ1) is 23.6. The predicted molar refractivity (Wildman–Crippen MR) is 186 cm³/mol. The molecule has 0 aliphatic heterocycles. The molecule has 23 atom stereocenters. The van der Waals surface area contributed by atoms with Gasteiger partial charge in [0.1, 0.15) is 12.2 Å². The van der Waals surface area contributed by atoms with Crippen molar-refractivity contribution in [2.45, 2.75) is 136 Å². The van der Waals surface area contributed by atoms with E-state index < -0.39 is 10.8 Å². The standard InChI is InChI=1S/C45H64O4/c1-5-45(4,43(47)49-33-17-25-15-27(33)41-31-19-29(39(25)41)35-21-7-9-23(13-21)37(31)35)11-10-44(2,3)42(46)48-32-16-24-14-26(32)40-30-18-28(38(24)40)34-20-6-8-22(12-20)36(30)34/h20-41H,5-19H2,1-4H3. The molecular weight excluding hydrogens is 604 g/mol. The fourth-order valence-electron chi connectivity index (χ4n) is 19.4. The summed E-state index contributed by atoms with van der Waals surface area (Å²) < 4.78 is 13.2. The molecule has 268 valence electrons. The molecule has 12 aliphatic carbocycles. The molecule has 0 aromatic carbocycles. The molecule has 49 heavy (non-hydrogen) atoms. The lowest BCUT2D eigenvalue weighted by Crippen LogP contribution is -2.46. The summed E-state index contributed by atoms with van der Waals surface area (Å²) in [6, 6.07) is 0. The van der Waals surface area contributed by atoms with Gasteiger partial charge in [0, 0.05) is 0 Å². The van der Waals surface area contributed by atoms with Crippen LogP contribution in [-0.4, -0.2) is 24.1 Å². The van der Waals surface area contributed by atoms with E-state index in [1.807, 2.05) is 0 Å². The van der Waals surface area contributed by atoms with Crippen LogP contribution in [-0.2, 0) is 19.1 Å². The summed E-state index contributed by atoms with van der Waals surface area (Å²) in [5.74, 6) is 18.7. The minimum absolute atomic E-state index is 0.0104. The van der Waals surface area contributed by atoms with E-state index in [9.17, 15) is 9.59 Å². The van der Waals surface area contributed by atoms with E-state index in [1.165, 1.54) is 51.4 Å². The van der Waals surface area contributed by atoms with Crippen LogP contribution in [0.5, 0.6) is 0 Å². The molecule has 0 aromatic heterocycles. The molecule has 23 unspecified atom stereocenters. The van der Waals surface area contributed by atoms with Crippen molar-refractivity contribution in [3.63, 3.8) is 0 Å². The number of carbonyl (C=O) groups is 2. The Morgan fingerprint density at radius 3 is 1.33 bits per heavy atom. The fraction of sp³-hybridized carbons (Fsp3) is 0.956. The quantitative estimate of drug-likeness (QED) is 0.191. The van der Waals surface area contributed by atoms with Crippen molar-refractivity contribution in [1.82, 2.24) is 0 Å². The molecule has 12 saturated carbocycles. The van der Waals surface area contributed by atoms with Gasteiger partial charge in [0.05, 0.1) is 10.8 Å². The third-order valence-corrected chi connectivity index (χ3v) is 20.9. The summed E-state index contributed by atoms with van der Waals surface area (Å²) in [4.78, 5) is 28.0. The molecular formula is C45H64O4. The Morgan fingerprint density at radius 2 is 0.878 bits per heavy atom. The van der Waals surface area contributed by atoms with Crippen LogP contribution < -0.4 is 0 Å². The van der Waals surface area contributed by atoms with Crippen LogP contribution >= 0.6 is 0 Å². The van der Waals surface area contributed by atoms with Crippen LogP contribution in [0.15, 0.2) is 0 Å². The Balaban J connectivity index is 0.682. The summed E-state index contributed by atoms with van der Waals surface area (Å²) in [5.41, 5.74) is -1.12. The molecule has 12 fully saturated rings. The molecule has 4 nitrogen and oxygen atoms in total. The van der Waals surface area contributed by atoms with Gasteiger partial charge < -0.3 is 9.47 Å². The number of esters is 2. The molecule has 0 heterocycles. The van der Waals surface area contributed by atoms with Gasteiger partial charge in [-0.25, -0.2) is 0 Å². The number of hydrogen-bond donors (Lipinski definition) is 0. The van der Waals surface area contributed by atoms with Crippen molar-refractivity contribution in [3.05, 3.63) is 0 Å². The summed E-state index contributed by atoms with van der Waals surface area (Å²) in [7, 11) is 0. The minimum Gasteiger partial charge on any atom is -0.462 e. The molecule has 0 radical (unpaired) electrons. The molecule has 12 bridgehead atoms. The fourth-order valence-corrected chi connectivity index (χ4v) is 19.4. The summed E-state index contributed by atoms with van der Waals surface area (Å²) in [6.45, 7) is 8.44. The van der Waals surface area contributed by atoms with Crippen molar-refractivity contribution in [2.75, 3.05) is 0 Å². The second-order valence-electron chi connectivity index (χ2n) is 22.4. The highest BCUT2D eigenvalue weighted by Crippen LogP contribution is 2.78. The van der Waals surface area contributed by atoms with Crippen LogP contribution in [0, 0.1) is 129 Å². The van der Waals surface area contributed by atoms with E-state index in [4.69, 9.17) is 9.47 Å². The van der Waals surface area contributed by atoms with Crippen LogP contribution in [0.4, 0.5) is 0 Å². The van der Waals surface area contributed by atoms with Gasteiger partial charge in [-0.2, -0.15) is 0 Å². The van der Waals surface area contributed by atoms with Gasteiger partial charge in [-0.3, -0.25) is 9.59 Å². The predicted octanol–water partition coefficient (Wildman–Crippen LogP) is 9.20. The lowest BCUT2D eigenvalue weighted by atomic mass is 9.59. The van der Waals surface area contributed by atoms with Crippen molar-refractivity contribution in [1.29, 1.82) is 0 Å². The van der Waals surface area contributed by atoms with E-state index in [1.54, 1.807) is 12.8 Å². The second kappa shape index (κ2) is 9.92. The normalized spacial score (nSPS) is 59.4. The Morgan fingerprint density at radius 1 is 0.469 bits per heavy atom. The Labute approximate surface area is 295 Å². The van der Waals surface area contributed by atoms with Gasteiger partial charge in [0.2, 0.25) is 0 Å². The summed E-state index contributed by atoms with van der Waals surface area (Å²) in [5, 5.41) is 0. The Hall–Kier alpha value is -1.06. The minimum atomic E-state index is -0.581. The molecule has 0 spiro atoms. The average molecular weight is 669 g/mol. The van der Waals surface area contributed by atoms with Gasteiger partial charge in [0.25, 0.3) is 0 Å². The van der Waals surface area contributed by atoms with E-state index in [0.717, 1.165) is 126 Å². The average Bonchev–Trinajstić information content (AvgIpc) is 3.93. The van der Waals surface area contributed by atoms with E-state index in [0.29, 0.717) is 24.7 Å². The zero-order chi connectivity index (χ0) is 32.9. The third-order valence-electron chi connectivity index (χ3n) is 20.9. The highest BCUT2D eigenvalue weighted by molar-refractivity contribution is 5.78. The van der Waals surface area contributed by atoms with Crippen molar-refractivity contribution in [2.24, 2.45) is 129 Å². The zero-order valence-corrected chi connectivity index (χ0v) is 30.9. The molecule has 0 aromatic rings. The highest BCUT2D eigenvalue weighted by atomic mass is 16.6. The van der Waals surface area contributed by atoms with Gasteiger partial charge in [-0.15, -0.1) is 0 Å². The summed E-state index contributed by atoms with van der Waals surface area (Å²) >= 11 is 0. The first-order valence-corrected chi connectivity index (χ1v) is 22.1. The van der Waals surface area contributed by atoms with Gasteiger partial charge >= 0.3 is 11.9 Å². The van der Waals surface area contributed by atoms with Crippen molar-refractivity contribution in [3.8, 4) is 0 Å². The maximum atomic E-state index is 14.1. The largest absolute Gasteiger partial charge is 0.462 e. The second-order valence-corrected chi connectivity index (χ2v) is 22.4. The topological polar surface area (TPSA) is 52.6 Å². The van der Waals surface area contributed by atoms with E-state index in [-0.39, 0.29) is 24.1 Å². The lowest BCUT2D eigenvalue weighted by Gasteiger charge is -2.47. The third kappa shape index (κ3) is 3.75. The van der Waals surface area contributed by atoms with Gasteiger partial charge in [-0.1, -0.05) is 6.92 Å². The monoisotopic (exact) mass is 668 g/mol. The zero-order valence-electron chi connectivity index (χ0n) is 30.9. The Kier molecular flexibility index (Phi) is 6.15. The van der Waals surface area contributed by atoms with Crippen LogP contribution in [0.1, 0.15) is 124 Å². The van der Waals surface area contributed by atoms with Crippen molar-refractivity contribution < 1.29 is 19.1 Å². The SMILES string of the molecule is CCC(C)(CCC(C)(C)C(=O)OC1CC2CC1C1C3CC(C4C5CCC(C5)C34)C21)C(=O)OC1CC2CC1C1C3CC(C4C5CCC(C5)C34)C21. The van der Waals surface area contributed by atoms with Gasteiger partial charge in [-0.05, 0) is 235 Å². The van der Waals surface area contributed by atoms with E-state index in [2.05, 4.69) is 27.7 Å². The van der Waals surface area contributed by atoms with Crippen molar-refractivity contribution >= 4 is 11.9 Å². The summed E-state index contributed by atoms with van der Waals surface area (Å²) in [6.07, 6.45) is 19.5. The first-order valence-electron chi connectivity index (χ1n) is 22.1. The smallest absolute Gasteiger partial charge is 0.312 e. The Bertz CT molecular complexity index is 1450. The number of ether oxygens (including phenoxy) is 2. The van der Waals surface area contributed by atoms with Crippen LogP contribution in [0.25, 0.3) is 0 Å². The number of fused-ring (bicyclic) bond motifs is 32. The maximum absolute atomic E-state index is 14.1. The molecule has 0 N–H and O–H groups in total. The number of hydrogen-bond acceptors (Lipinski definition) is 4. The van der Waals surface area contributed by atoms with Crippen LogP contribution in [0.2, 0.25) is 0 Å². The van der Waals surface area contributed by atoms with Gasteiger partial charge in [0.15, 0.2) is 0 Å².